The molecule has 0 spiro atoms. The summed E-state index contributed by atoms with van der Waals surface area (Å²) in [5.74, 6) is 0.210. The van der Waals surface area contributed by atoms with Gasteiger partial charge in [0.25, 0.3) is 0 Å². The van der Waals surface area contributed by atoms with Gasteiger partial charge in [0.2, 0.25) is 5.96 Å². The van der Waals surface area contributed by atoms with Crippen molar-refractivity contribution in [3.8, 4) is 0 Å². The smallest absolute Gasteiger partial charge is 0.233 e. The van der Waals surface area contributed by atoms with E-state index in [2.05, 4.69) is 10.5 Å². The van der Waals surface area contributed by atoms with Crippen LogP contribution in [-0.2, 0) is 0 Å². The lowest BCUT2D eigenvalue weighted by molar-refractivity contribution is 0.287. The Balaban J connectivity index is 2.39. The number of hydrogen-bond donors (Lipinski definition) is 3. The number of rotatable bonds is 0. The number of oxime groups is 1. The van der Waals surface area contributed by atoms with Crippen LogP contribution >= 0.6 is 0 Å². The molecule has 58 valence electrons. The van der Waals surface area contributed by atoms with Crippen LogP contribution in [0.3, 0.4) is 0 Å². The van der Waals surface area contributed by atoms with E-state index in [0.717, 1.165) is 26.2 Å². The summed E-state index contributed by atoms with van der Waals surface area (Å²) in [7, 11) is 0. The maximum atomic E-state index is 8.29. The van der Waals surface area contributed by atoms with Gasteiger partial charge in [-0.15, -0.1) is 0 Å². The average molecular weight is 144 g/mol. The summed E-state index contributed by atoms with van der Waals surface area (Å²) < 4.78 is 0. The summed E-state index contributed by atoms with van der Waals surface area (Å²) in [5, 5.41) is 14.4. The molecule has 5 nitrogen and oxygen atoms in total. The minimum absolute atomic E-state index is 0.210. The molecule has 0 aromatic heterocycles. The summed E-state index contributed by atoms with van der Waals surface area (Å²) >= 11 is 0. The molecule has 0 atom stereocenters. The summed E-state index contributed by atoms with van der Waals surface area (Å²) in [6.45, 7) is 3.43. The van der Waals surface area contributed by atoms with Crippen LogP contribution < -0.4 is 11.1 Å². The second kappa shape index (κ2) is 3.26. The van der Waals surface area contributed by atoms with Crippen LogP contribution in [0.15, 0.2) is 5.16 Å². The molecule has 0 aromatic rings. The molecule has 1 fully saturated rings. The van der Waals surface area contributed by atoms with Gasteiger partial charge in [-0.25, -0.2) is 0 Å². The van der Waals surface area contributed by atoms with Crippen molar-refractivity contribution >= 4 is 5.96 Å². The first kappa shape index (κ1) is 7.14. The van der Waals surface area contributed by atoms with Crippen molar-refractivity contribution in [1.82, 2.24) is 10.2 Å². The fraction of sp³-hybridized carbons (Fsp3) is 0.800. The van der Waals surface area contributed by atoms with Crippen molar-refractivity contribution in [2.75, 3.05) is 26.2 Å². The van der Waals surface area contributed by atoms with Crippen molar-refractivity contribution in [2.24, 2.45) is 10.9 Å². The Hall–Kier alpha value is -0.970. The largest absolute Gasteiger partial charge is 0.408 e. The molecule has 1 rings (SSSR count). The van der Waals surface area contributed by atoms with Gasteiger partial charge in [-0.3, -0.25) is 0 Å². The Morgan fingerprint density at radius 3 is 2.60 bits per heavy atom. The summed E-state index contributed by atoms with van der Waals surface area (Å²) in [6, 6.07) is 0. The molecular formula is C5H12N4O. The van der Waals surface area contributed by atoms with Gasteiger partial charge in [0, 0.05) is 26.2 Å². The maximum absolute atomic E-state index is 8.29. The van der Waals surface area contributed by atoms with E-state index < -0.39 is 0 Å². The first-order valence-corrected chi connectivity index (χ1v) is 3.28. The molecule has 1 saturated heterocycles. The monoisotopic (exact) mass is 144 g/mol. The van der Waals surface area contributed by atoms with E-state index in [9.17, 15) is 0 Å². The van der Waals surface area contributed by atoms with Crippen molar-refractivity contribution in [2.45, 2.75) is 0 Å². The minimum Gasteiger partial charge on any atom is -0.408 e. The highest BCUT2D eigenvalue weighted by Crippen LogP contribution is 1.89. The highest BCUT2D eigenvalue weighted by atomic mass is 16.4. The Bertz CT molecular complexity index is 130. The summed E-state index contributed by atoms with van der Waals surface area (Å²) in [6.07, 6.45) is 0. The van der Waals surface area contributed by atoms with Crippen molar-refractivity contribution in [3.63, 3.8) is 0 Å². The maximum Gasteiger partial charge on any atom is 0.233 e. The second-order valence-corrected chi connectivity index (χ2v) is 2.20. The van der Waals surface area contributed by atoms with E-state index in [4.69, 9.17) is 10.9 Å². The highest BCUT2D eigenvalue weighted by molar-refractivity contribution is 5.77. The summed E-state index contributed by atoms with van der Waals surface area (Å²) in [5.41, 5.74) is 5.35. The second-order valence-electron chi connectivity index (χ2n) is 2.20. The molecule has 10 heavy (non-hydrogen) atoms. The molecule has 1 aliphatic rings. The Morgan fingerprint density at radius 2 is 2.10 bits per heavy atom. The zero-order chi connectivity index (χ0) is 7.40. The van der Waals surface area contributed by atoms with Gasteiger partial charge in [-0.05, 0) is 0 Å². The molecule has 0 aromatic carbocycles. The molecule has 1 heterocycles. The zero-order valence-electron chi connectivity index (χ0n) is 5.75. The molecule has 0 amide bonds. The van der Waals surface area contributed by atoms with E-state index in [0.29, 0.717) is 0 Å². The van der Waals surface area contributed by atoms with E-state index >= 15 is 0 Å². The van der Waals surface area contributed by atoms with Gasteiger partial charge in [0.05, 0.1) is 0 Å². The number of nitrogens with one attached hydrogen (secondary N) is 1. The molecule has 4 N–H and O–H groups in total. The Morgan fingerprint density at radius 1 is 1.50 bits per heavy atom. The predicted octanol–water partition coefficient (Wildman–Crippen LogP) is -1.40. The topological polar surface area (TPSA) is 73.9 Å². The van der Waals surface area contributed by atoms with Crippen LogP contribution in [0, 0.1) is 0 Å². The van der Waals surface area contributed by atoms with Crippen molar-refractivity contribution < 1.29 is 5.21 Å². The van der Waals surface area contributed by atoms with Crippen LogP contribution in [0.4, 0.5) is 0 Å². The van der Waals surface area contributed by atoms with Gasteiger partial charge >= 0.3 is 0 Å². The third-order valence-corrected chi connectivity index (χ3v) is 1.54. The van der Waals surface area contributed by atoms with Crippen LogP contribution in [0.25, 0.3) is 0 Å². The standard InChI is InChI=1S/C5H12N4O/c6-5(8-10)9-3-1-7-2-4-9/h7,10H,1-4H2,(H2,6,8). The van der Waals surface area contributed by atoms with Crippen LogP contribution in [-0.4, -0.2) is 42.2 Å². The molecule has 0 unspecified atom stereocenters. The third-order valence-electron chi connectivity index (χ3n) is 1.54. The Labute approximate surface area is 59.5 Å². The van der Waals surface area contributed by atoms with Gasteiger partial charge < -0.3 is 21.2 Å². The highest BCUT2D eigenvalue weighted by Gasteiger charge is 2.10. The van der Waals surface area contributed by atoms with Crippen LogP contribution in [0.2, 0.25) is 0 Å². The number of nitrogens with zero attached hydrogens (tertiary/aromatic N) is 2. The molecular weight excluding hydrogens is 132 g/mol. The van der Waals surface area contributed by atoms with Crippen molar-refractivity contribution in [3.05, 3.63) is 0 Å². The van der Waals surface area contributed by atoms with E-state index in [1.165, 1.54) is 0 Å². The predicted molar refractivity (Wildman–Crippen MR) is 37.9 cm³/mol. The fourth-order valence-electron chi connectivity index (χ4n) is 0.957. The van der Waals surface area contributed by atoms with Crippen LogP contribution in [0.1, 0.15) is 0 Å². The van der Waals surface area contributed by atoms with E-state index in [1.807, 2.05) is 4.90 Å². The first-order chi connectivity index (χ1) is 4.84. The SMILES string of the molecule is NC(=NO)N1CCNCC1. The van der Waals surface area contributed by atoms with Gasteiger partial charge in [-0.2, -0.15) is 0 Å². The fourth-order valence-corrected chi connectivity index (χ4v) is 0.957. The molecule has 0 aliphatic carbocycles. The van der Waals surface area contributed by atoms with Gasteiger partial charge in [0.1, 0.15) is 0 Å². The van der Waals surface area contributed by atoms with E-state index in [1.54, 1.807) is 0 Å². The molecule has 0 saturated carbocycles. The first-order valence-electron chi connectivity index (χ1n) is 3.28. The lowest BCUT2D eigenvalue weighted by atomic mass is 10.4. The molecule has 5 heteroatoms. The molecule has 0 bridgehead atoms. The van der Waals surface area contributed by atoms with Crippen molar-refractivity contribution in [1.29, 1.82) is 0 Å². The van der Waals surface area contributed by atoms with Gasteiger partial charge in [0.15, 0.2) is 0 Å². The molecule has 0 radical (unpaired) electrons. The lowest BCUT2D eigenvalue weighted by Crippen LogP contribution is -2.49. The third kappa shape index (κ3) is 1.51. The normalized spacial score (nSPS) is 21.2. The average Bonchev–Trinajstić information content (AvgIpc) is 2.05. The number of guanidine groups is 1. The Kier molecular flexibility index (Phi) is 2.33. The number of nitrogens with two attached hydrogens (primary N) is 1. The summed E-state index contributed by atoms with van der Waals surface area (Å²) in [4.78, 5) is 1.83. The minimum atomic E-state index is 0.210. The van der Waals surface area contributed by atoms with Gasteiger partial charge in [-0.1, -0.05) is 5.16 Å². The number of piperazine rings is 1. The lowest BCUT2D eigenvalue weighted by Gasteiger charge is -2.26. The molecule has 1 aliphatic heterocycles. The number of hydrogen-bond acceptors (Lipinski definition) is 3. The van der Waals surface area contributed by atoms with Crippen LogP contribution in [0.5, 0.6) is 0 Å². The van der Waals surface area contributed by atoms with E-state index in [-0.39, 0.29) is 5.96 Å². The zero-order valence-corrected chi connectivity index (χ0v) is 5.75. The quantitative estimate of drug-likeness (QED) is 0.169.